The summed E-state index contributed by atoms with van der Waals surface area (Å²) in [6.45, 7) is 8.04. The summed E-state index contributed by atoms with van der Waals surface area (Å²) in [5, 5.41) is 7.05. The van der Waals surface area contributed by atoms with E-state index in [1.165, 1.54) is 0 Å². The maximum absolute atomic E-state index is 12.3. The topological polar surface area (TPSA) is 90.0 Å². The van der Waals surface area contributed by atoms with Gasteiger partial charge in [0.1, 0.15) is 11.7 Å². The maximum Gasteiger partial charge on any atom is 0.270 e. The molecule has 0 aliphatic rings. The van der Waals surface area contributed by atoms with Crippen LogP contribution in [-0.4, -0.2) is 27.6 Å². The smallest absolute Gasteiger partial charge is 0.270 e. The normalized spacial score (nSPS) is 14.0. The van der Waals surface area contributed by atoms with E-state index in [-0.39, 0.29) is 11.8 Å². The number of aryl methyl sites for hydroxylation is 1. The van der Waals surface area contributed by atoms with E-state index in [4.69, 9.17) is 5.73 Å². The van der Waals surface area contributed by atoms with E-state index in [1.807, 2.05) is 13.8 Å². The van der Waals surface area contributed by atoms with Gasteiger partial charge in [-0.05, 0) is 24.3 Å². The first-order valence-corrected chi connectivity index (χ1v) is 7.39. The van der Waals surface area contributed by atoms with Gasteiger partial charge in [0, 0.05) is 7.05 Å². The van der Waals surface area contributed by atoms with Crippen molar-refractivity contribution in [1.82, 2.24) is 15.1 Å². The summed E-state index contributed by atoms with van der Waals surface area (Å²) in [4.78, 5) is 23.8. The van der Waals surface area contributed by atoms with E-state index >= 15 is 0 Å². The summed E-state index contributed by atoms with van der Waals surface area (Å²) in [5.74, 6) is -0.365. The Balaban J connectivity index is 2.87. The quantitative estimate of drug-likeness (QED) is 0.793. The number of aromatic nitrogens is 2. The van der Waals surface area contributed by atoms with Gasteiger partial charge in [-0.25, -0.2) is 0 Å². The van der Waals surface area contributed by atoms with Crippen LogP contribution in [0.5, 0.6) is 0 Å². The van der Waals surface area contributed by atoms with Crippen molar-refractivity contribution >= 4 is 11.8 Å². The highest BCUT2D eigenvalue weighted by molar-refractivity contribution is 5.96. The zero-order valence-electron chi connectivity index (χ0n) is 13.5. The molecule has 6 nitrogen and oxygen atoms in total. The molecule has 0 saturated heterocycles. The molecule has 0 unspecified atom stereocenters. The lowest BCUT2D eigenvalue weighted by Crippen LogP contribution is -2.48. The number of carbonyl (C=O) groups is 2. The fraction of sp³-hybridized carbons (Fsp3) is 0.667. The van der Waals surface area contributed by atoms with Crippen molar-refractivity contribution in [3.8, 4) is 0 Å². The first-order chi connectivity index (χ1) is 9.76. The molecule has 1 aromatic heterocycles. The first-order valence-electron chi connectivity index (χ1n) is 7.39. The third kappa shape index (κ3) is 4.58. The Bertz CT molecular complexity index is 508. The fourth-order valence-electron chi connectivity index (χ4n) is 2.20. The number of hydrogen-bond acceptors (Lipinski definition) is 3. The monoisotopic (exact) mass is 294 g/mol. The number of primary amides is 1. The van der Waals surface area contributed by atoms with Gasteiger partial charge in [-0.2, -0.15) is 5.10 Å². The van der Waals surface area contributed by atoms with Crippen LogP contribution in [0.3, 0.4) is 0 Å². The Morgan fingerprint density at radius 3 is 2.48 bits per heavy atom. The molecule has 3 N–H and O–H groups in total. The minimum absolute atomic E-state index is 0.00480. The van der Waals surface area contributed by atoms with Crippen molar-refractivity contribution in [3.63, 3.8) is 0 Å². The predicted molar refractivity (Wildman–Crippen MR) is 81.7 cm³/mol. The molecule has 1 aromatic rings. The van der Waals surface area contributed by atoms with Crippen molar-refractivity contribution in [3.05, 3.63) is 17.5 Å². The van der Waals surface area contributed by atoms with Crippen LogP contribution in [0.1, 0.15) is 50.3 Å². The lowest BCUT2D eigenvalue weighted by molar-refractivity contribution is -0.120. The lowest BCUT2D eigenvalue weighted by Gasteiger charge is -2.20. The average Bonchev–Trinajstić information content (AvgIpc) is 2.74. The highest BCUT2D eigenvalue weighted by atomic mass is 16.2. The standard InChI is InChI=1S/C15H26N4O2/c1-6-10(4)13(14(16)20)17-15(21)12-8-11(7-9(2)3)18-19(12)5/h8-10,13H,6-7H2,1-5H3,(H2,16,20)(H,17,21)/t10-,13-/m0/s1. The summed E-state index contributed by atoms with van der Waals surface area (Å²) >= 11 is 0. The maximum atomic E-state index is 12.3. The van der Waals surface area contributed by atoms with Crippen LogP contribution in [0.4, 0.5) is 0 Å². The Kier molecular flexibility index (Phi) is 5.93. The summed E-state index contributed by atoms with van der Waals surface area (Å²) in [5.41, 5.74) is 6.69. The van der Waals surface area contributed by atoms with Crippen LogP contribution in [0.15, 0.2) is 6.07 Å². The fourth-order valence-corrected chi connectivity index (χ4v) is 2.20. The second-order valence-electron chi connectivity index (χ2n) is 5.98. The largest absolute Gasteiger partial charge is 0.368 e. The summed E-state index contributed by atoms with van der Waals surface area (Å²) in [6.07, 6.45) is 1.57. The van der Waals surface area contributed by atoms with Crippen LogP contribution < -0.4 is 11.1 Å². The number of nitrogens with one attached hydrogen (secondary N) is 1. The highest BCUT2D eigenvalue weighted by Crippen LogP contribution is 2.11. The molecule has 1 rings (SSSR count). The van der Waals surface area contributed by atoms with E-state index in [9.17, 15) is 9.59 Å². The molecular weight excluding hydrogens is 268 g/mol. The molecule has 6 heteroatoms. The molecule has 118 valence electrons. The van der Waals surface area contributed by atoms with Gasteiger partial charge in [-0.3, -0.25) is 14.3 Å². The Hall–Kier alpha value is -1.85. The number of nitrogens with zero attached hydrogens (tertiary/aromatic N) is 2. The first kappa shape index (κ1) is 17.2. The third-order valence-electron chi connectivity index (χ3n) is 3.59. The van der Waals surface area contributed by atoms with Crippen LogP contribution in [-0.2, 0) is 18.3 Å². The number of rotatable bonds is 7. The summed E-state index contributed by atoms with van der Waals surface area (Å²) in [6, 6.07) is 1.11. The van der Waals surface area contributed by atoms with E-state index in [0.29, 0.717) is 11.6 Å². The SMILES string of the molecule is CC[C@H](C)[C@H](NC(=O)c1cc(CC(C)C)nn1C)C(N)=O. The summed E-state index contributed by atoms with van der Waals surface area (Å²) < 4.78 is 1.54. The molecule has 0 saturated carbocycles. The molecule has 0 radical (unpaired) electrons. The molecule has 0 spiro atoms. The molecule has 21 heavy (non-hydrogen) atoms. The van der Waals surface area contributed by atoms with Gasteiger partial charge in [0.2, 0.25) is 5.91 Å². The van der Waals surface area contributed by atoms with Gasteiger partial charge in [0.25, 0.3) is 5.91 Å². The molecule has 0 aliphatic carbocycles. The number of nitrogens with two attached hydrogens (primary N) is 1. The van der Waals surface area contributed by atoms with Crippen LogP contribution in [0.25, 0.3) is 0 Å². The molecule has 2 amide bonds. The van der Waals surface area contributed by atoms with Gasteiger partial charge >= 0.3 is 0 Å². The Morgan fingerprint density at radius 1 is 1.38 bits per heavy atom. The van der Waals surface area contributed by atoms with E-state index < -0.39 is 11.9 Å². The van der Waals surface area contributed by atoms with Gasteiger partial charge in [0.05, 0.1) is 5.69 Å². The van der Waals surface area contributed by atoms with Crippen LogP contribution >= 0.6 is 0 Å². The molecule has 0 bridgehead atoms. The number of hydrogen-bond donors (Lipinski definition) is 2. The van der Waals surface area contributed by atoms with Gasteiger partial charge in [0.15, 0.2) is 0 Å². The Labute approximate surface area is 126 Å². The minimum Gasteiger partial charge on any atom is -0.368 e. The molecule has 0 aliphatic heterocycles. The molecule has 1 heterocycles. The van der Waals surface area contributed by atoms with Crippen molar-refractivity contribution in [2.45, 2.75) is 46.6 Å². The van der Waals surface area contributed by atoms with E-state index in [1.54, 1.807) is 17.8 Å². The van der Waals surface area contributed by atoms with Crippen molar-refractivity contribution in [1.29, 1.82) is 0 Å². The molecular formula is C15H26N4O2. The van der Waals surface area contributed by atoms with E-state index in [0.717, 1.165) is 18.5 Å². The van der Waals surface area contributed by atoms with Crippen molar-refractivity contribution in [2.24, 2.45) is 24.6 Å². The van der Waals surface area contributed by atoms with Crippen LogP contribution in [0, 0.1) is 11.8 Å². The Morgan fingerprint density at radius 2 is 2.00 bits per heavy atom. The number of amides is 2. The average molecular weight is 294 g/mol. The number of carbonyl (C=O) groups excluding carboxylic acids is 2. The van der Waals surface area contributed by atoms with Crippen LogP contribution in [0.2, 0.25) is 0 Å². The second-order valence-corrected chi connectivity index (χ2v) is 5.98. The second kappa shape index (κ2) is 7.24. The van der Waals surface area contributed by atoms with E-state index in [2.05, 4.69) is 24.3 Å². The molecule has 0 aromatic carbocycles. The van der Waals surface area contributed by atoms with Gasteiger partial charge < -0.3 is 11.1 Å². The molecule has 2 atom stereocenters. The highest BCUT2D eigenvalue weighted by Gasteiger charge is 2.25. The zero-order valence-corrected chi connectivity index (χ0v) is 13.5. The molecule has 0 fully saturated rings. The van der Waals surface area contributed by atoms with Crippen molar-refractivity contribution < 1.29 is 9.59 Å². The van der Waals surface area contributed by atoms with Gasteiger partial charge in [-0.15, -0.1) is 0 Å². The predicted octanol–water partition coefficient (Wildman–Crippen LogP) is 1.25. The zero-order chi connectivity index (χ0) is 16.2. The third-order valence-corrected chi connectivity index (χ3v) is 3.59. The summed E-state index contributed by atoms with van der Waals surface area (Å²) in [7, 11) is 1.72. The van der Waals surface area contributed by atoms with Gasteiger partial charge in [-0.1, -0.05) is 34.1 Å². The lowest BCUT2D eigenvalue weighted by atomic mass is 9.98. The van der Waals surface area contributed by atoms with Crippen molar-refractivity contribution in [2.75, 3.05) is 0 Å². The minimum atomic E-state index is -0.661.